The van der Waals surface area contributed by atoms with E-state index in [9.17, 15) is 8.78 Å². The molecule has 4 aliphatic rings. The summed E-state index contributed by atoms with van der Waals surface area (Å²) in [4.78, 5) is 1.31. The number of fused-ring (bicyclic) bond motifs is 1. The zero-order valence-corrected chi connectivity index (χ0v) is 20.5. The molecule has 4 rings (SSSR count). The molecule has 0 fully saturated rings. The Kier molecular flexibility index (Phi) is 7.16. The Labute approximate surface area is 196 Å². The highest BCUT2D eigenvalue weighted by Gasteiger charge is 2.34. The minimum absolute atomic E-state index is 0.206. The molecule has 0 amide bonds. The third kappa shape index (κ3) is 5.14. The normalized spacial score (nSPS) is 29.4. The van der Waals surface area contributed by atoms with Gasteiger partial charge in [0, 0.05) is 30.0 Å². The highest BCUT2D eigenvalue weighted by atomic mass is 32.2. The first-order valence-corrected chi connectivity index (χ1v) is 12.9. The van der Waals surface area contributed by atoms with Crippen molar-refractivity contribution in [3.63, 3.8) is 0 Å². The molecule has 1 heterocycles. The minimum Gasteiger partial charge on any atom is -0.366 e. The van der Waals surface area contributed by atoms with Crippen LogP contribution in [0.25, 0.3) is 0 Å². The first-order chi connectivity index (χ1) is 15.3. The summed E-state index contributed by atoms with van der Waals surface area (Å²) in [5, 5.41) is 7.12. The summed E-state index contributed by atoms with van der Waals surface area (Å²) < 4.78 is 27.7. The Morgan fingerprint density at radius 3 is 2.78 bits per heavy atom. The van der Waals surface area contributed by atoms with E-state index < -0.39 is 5.92 Å². The molecular weight excluding hydrogens is 422 g/mol. The Balaban J connectivity index is 1.59. The van der Waals surface area contributed by atoms with E-state index in [1.165, 1.54) is 27.2 Å². The first kappa shape index (κ1) is 23.6. The fraction of sp³-hybridized carbons (Fsp3) is 0.556. The summed E-state index contributed by atoms with van der Waals surface area (Å²) in [5.74, 6) is -1.97. The van der Waals surface area contributed by atoms with Crippen LogP contribution in [-0.2, 0) is 0 Å². The molecule has 3 aliphatic carbocycles. The molecule has 0 radical (unpaired) electrons. The van der Waals surface area contributed by atoms with E-state index in [0.29, 0.717) is 18.4 Å². The van der Waals surface area contributed by atoms with Crippen LogP contribution >= 0.6 is 11.8 Å². The van der Waals surface area contributed by atoms with Crippen molar-refractivity contribution in [3.05, 3.63) is 69.4 Å². The summed E-state index contributed by atoms with van der Waals surface area (Å²) >= 11 is 1.86. The molecule has 5 heteroatoms. The van der Waals surface area contributed by atoms with Gasteiger partial charge in [-0.3, -0.25) is 5.32 Å². The fourth-order valence-corrected chi connectivity index (χ4v) is 6.35. The highest BCUT2D eigenvalue weighted by molar-refractivity contribution is 8.04. The molecule has 174 valence electrons. The second-order valence-electron chi connectivity index (χ2n) is 9.64. The van der Waals surface area contributed by atoms with Crippen molar-refractivity contribution < 1.29 is 8.78 Å². The summed E-state index contributed by atoms with van der Waals surface area (Å²) in [6, 6.07) is 0.468. The van der Waals surface area contributed by atoms with Crippen LogP contribution < -0.4 is 10.6 Å². The molecule has 32 heavy (non-hydrogen) atoms. The lowest BCUT2D eigenvalue weighted by atomic mass is 9.73. The van der Waals surface area contributed by atoms with E-state index in [1.807, 2.05) is 17.8 Å². The zero-order chi connectivity index (χ0) is 22.9. The van der Waals surface area contributed by atoms with Crippen LogP contribution in [0.1, 0.15) is 66.2 Å². The SMILES string of the molecule is CC[C@@H](C)NC1NC=C(C2=CCCC3C=CC(C)=C3C(C3=CC=C(C(C)(F)F)CC3)C2)S1. The number of nitrogens with one attached hydrogen (secondary N) is 2. The Hall–Kier alpha value is -1.59. The molecule has 4 atom stereocenters. The molecular formula is C27H36F2N2S. The van der Waals surface area contributed by atoms with Gasteiger partial charge in [-0.05, 0) is 69.4 Å². The molecule has 2 N–H and O–H groups in total. The van der Waals surface area contributed by atoms with Gasteiger partial charge in [-0.1, -0.05) is 65.8 Å². The molecule has 3 unspecified atom stereocenters. The minimum atomic E-state index is -2.73. The summed E-state index contributed by atoms with van der Waals surface area (Å²) in [6.45, 7) is 7.64. The lowest BCUT2D eigenvalue weighted by molar-refractivity contribution is 0.0592. The van der Waals surface area contributed by atoms with E-state index in [2.05, 4.69) is 55.8 Å². The largest absolute Gasteiger partial charge is 0.366 e. The van der Waals surface area contributed by atoms with Crippen molar-refractivity contribution in [3.8, 4) is 0 Å². The maximum absolute atomic E-state index is 13.8. The number of thioether (sulfide) groups is 1. The third-order valence-corrected chi connectivity index (χ3v) is 8.41. The summed E-state index contributed by atoms with van der Waals surface area (Å²) in [5.41, 5.74) is 6.03. The van der Waals surface area contributed by atoms with Gasteiger partial charge < -0.3 is 5.32 Å². The first-order valence-electron chi connectivity index (χ1n) is 12.0. The number of hydrogen-bond acceptors (Lipinski definition) is 3. The van der Waals surface area contributed by atoms with Gasteiger partial charge in [0.1, 0.15) is 5.50 Å². The van der Waals surface area contributed by atoms with Crippen LogP contribution in [0.5, 0.6) is 0 Å². The smallest absolute Gasteiger partial charge is 0.266 e. The quantitative estimate of drug-likeness (QED) is 0.435. The van der Waals surface area contributed by atoms with Crippen molar-refractivity contribution in [2.75, 3.05) is 0 Å². The molecule has 0 aromatic carbocycles. The number of allylic oxidation sites excluding steroid dienone is 10. The van der Waals surface area contributed by atoms with Gasteiger partial charge in [0.25, 0.3) is 5.92 Å². The Morgan fingerprint density at radius 1 is 1.28 bits per heavy atom. The van der Waals surface area contributed by atoms with Crippen molar-refractivity contribution in [1.82, 2.24) is 10.6 Å². The van der Waals surface area contributed by atoms with Crippen molar-refractivity contribution in [2.24, 2.45) is 11.8 Å². The van der Waals surface area contributed by atoms with Gasteiger partial charge in [-0.25, -0.2) is 8.78 Å². The maximum atomic E-state index is 13.8. The van der Waals surface area contributed by atoms with Gasteiger partial charge in [0.2, 0.25) is 0 Å². The molecule has 0 aromatic heterocycles. The van der Waals surface area contributed by atoms with Crippen LogP contribution in [0.15, 0.2) is 69.4 Å². The lowest BCUT2D eigenvalue weighted by Crippen LogP contribution is -2.39. The van der Waals surface area contributed by atoms with Crippen LogP contribution in [0.2, 0.25) is 0 Å². The van der Waals surface area contributed by atoms with Crippen LogP contribution in [0.3, 0.4) is 0 Å². The molecule has 2 nitrogen and oxygen atoms in total. The van der Waals surface area contributed by atoms with E-state index in [-0.39, 0.29) is 17.0 Å². The maximum Gasteiger partial charge on any atom is 0.266 e. The van der Waals surface area contributed by atoms with E-state index in [0.717, 1.165) is 39.0 Å². The molecule has 0 saturated heterocycles. The predicted octanol–water partition coefficient (Wildman–Crippen LogP) is 7.37. The Morgan fingerprint density at radius 2 is 2.09 bits per heavy atom. The monoisotopic (exact) mass is 458 g/mol. The standard InChI is InChI=1S/C27H36F2N2S/c1-5-18(3)31-26-30-16-24(32-26)21-8-6-7-20-10-9-17(2)25(20)23(15-21)19-11-13-22(14-12-19)27(4,28)29/h8-11,13,16,18,20,23,26,30-31H,5-7,12,14-15H2,1-4H3/t18-,20?,23?,26?/m1/s1. The zero-order valence-electron chi connectivity index (χ0n) is 19.7. The average molecular weight is 459 g/mol. The molecule has 0 saturated carbocycles. The van der Waals surface area contributed by atoms with Gasteiger partial charge in [-0.15, -0.1) is 0 Å². The van der Waals surface area contributed by atoms with Crippen molar-refractivity contribution >= 4 is 11.8 Å². The number of halogens is 2. The fourth-order valence-electron chi connectivity index (χ4n) is 5.20. The van der Waals surface area contributed by atoms with E-state index in [1.54, 1.807) is 6.08 Å². The van der Waals surface area contributed by atoms with Gasteiger partial charge in [0.15, 0.2) is 0 Å². The Bertz CT molecular complexity index is 916. The van der Waals surface area contributed by atoms with Gasteiger partial charge in [-0.2, -0.15) is 0 Å². The molecule has 1 aliphatic heterocycles. The third-order valence-electron chi connectivity index (χ3n) is 7.27. The summed E-state index contributed by atoms with van der Waals surface area (Å²) in [7, 11) is 0. The molecule has 0 bridgehead atoms. The summed E-state index contributed by atoms with van der Waals surface area (Å²) in [6.07, 6.45) is 18.3. The number of alkyl halides is 2. The lowest BCUT2D eigenvalue weighted by Gasteiger charge is -2.32. The van der Waals surface area contributed by atoms with Crippen LogP contribution in [-0.4, -0.2) is 17.5 Å². The van der Waals surface area contributed by atoms with E-state index >= 15 is 0 Å². The second-order valence-corrected chi connectivity index (χ2v) is 10.8. The van der Waals surface area contributed by atoms with Crippen molar-refractivity contribution in [2.45, 2.75) is 83.7 Å². The highest BCUT2D eigenvalue weighted by Crippen LogP contribution is 2.47. The van der Waals surface area contributed by atoms with Crippen LogP contribution in [0, 0.1) is 11.8 Å². The number of rotatable bonds is 6. The molecule has 0 spiro atoms. The van der Waals surface area contributed by atoms with Gasteiger partial charge in [0.05, 0.1) is 0 Å². The van der Waals surface area contributed by atoms with Gasteiger partial charge >= 0.3 is 0 Å². The van der Waals surface area contributed by atoms with Crippen molar-refractivity contribution in [1.29, 1.82) is 0 Å². The second kappa shape index (κ2) is 9.72. The predicted molar refractivity (Wildman–Crippen MR) is 132 cm³/mol. The van der Waals surface area contributed by atoms with E-state index in [4.69, 9.17) is 0 Å². The topological polar surface area (TPSA) is 24.1 Å². The molecule has 0 aromatic rings. The van der Waals surface area contributed by atoms with Crippen LogP contribution in [0.4, 0.5) is 8.78 Å². The number of hydrogen-bond donors (Lipinski definition) is 2. The average Bonchev–Trinajstić information content (AvgIpc) is 3.34.